The van der Waals surface area contributed by atoms with Crippen molar-refractivity contribution in [1.82, 2.24) is 0 Å². The van der Waals surface area contributed by atoms with Crippen molar-refractivity contribution in [1.29, 1.82) is 0 Å². The highest BCUT2D eigenvalue weighted by atomic mass is 35.5. The summed E-state index contributed by atoms with van der Waals surface area (Å²) in [6.07, 6.45) is 0.194. The van der Waals surface area contributed by atoms with Crippen LogP contribution >= 0.6 is 11.6 Å². The summed E-state index contributed by atoms with van der Waals surface area (Å²) in [4.78, 5) is 24.5. The Labute approximate surface area is 137 Å². The number of anilines is 1. The zero-order valence-corrected chi connectivity index (χ0v) is 12.8. The van der Waals surface area contributed by atoms with Crippen LogP contribution in [0.1, 0.15) is 5.56 Å². The first-order chi connectivity index (χ1) is 11.0. The number of fused-ring (bicyclic) bond motifs is 1. The molecule has 0 aromatic heterocycles. The highest BCUT2D eigenvalue weighted by Crippen LogP contribution is 2.35. The number of hydrogen-bond acceptors (Lipinski definition) is 4. The fourth-order valence-corrected chi connectivity index (χ4v) is 2.58. The van der Waals surface area contributed by atoms with Crippen LogP contribution < -0.4 is 9.64 Å². The molecule has 0 saturated heterocycles. The number of rotatable bonds is 3. The molecule has 0 spiro atoms. The van der Waals surface area contributed by atoms with Gasteiger partial charge in [0.15, 0.2) is 0 Å². The van der Waals surface area contributed by atoms with Crippen LogP contribution in [0.4, 0.5) is 11.4 Å². The zero-order valence-electron chi connectivity index (χ0n) is 12.1. The van der Waals surface area contributed by atoms with E-state index in [0.29, 0.717) is 29.6 Å². The predicted octanol–water partition coefficient (Wildman–Crippen LogP) is 3.22. The van der Waals surface area contributed by atoms with Crippen LogP contribution in [0.25, 0.3) is 0 Å². The number of carbonyl (C=O) groups excluding carboxylic acids is 1. The van der Waals surface area contributed by atoms with E-state index in [0.717, 1.165) is 5.56 Å². The summed E-state index contributed by atoms with van der Waals surface area (Å²) in [6, 6.07) is 11.3. The van der Waals surface area contributed by atoms with Crippen LogP contribution in [0.2, 0.25) is 5.02 Å². The van der Waals surface area contributed by atoms with E-state index in [-0.39, 0.29) is 18.0 Å². The summed E-state index contributed by atoms with van der Waals surface area (Å²) in [5.41, 5.74) is 1.20. The van der Waals surface area contributed by atoms with Gasteiger partial charge in [0.1, 0.15) is 12.4 Å². The first kappa shape index (κ1) is 15.3. The zero-order chi connectivity index (χ0) is 16.4. The highest BCUT2D eigenvalue weighted by Gasteiger charge is 2.26. The van der Waals surface area contributed by atoms with Gasteiger partial charge in [-0.05, 0) is 23.8 Å². The van der Waals surface area contributed by atoms with Gasteiger partial charge < -0.3 is 9.64 Å². The summed E-state index contributed by atoms with van der Waals surface area (Å²) >= 11 is 5.84. The Balaban J connectivity index is 1.86. The van der Waals surface area contributed by atoms with Gasteiger partial charge in [0, 0.05) is 17.2 Å². The molecule has 1 amide bonds. The van der Waals surface area contributed by atoms with Crippen LogP contribution in [0.15, 0.2) is 42.5 Å². The number of nitro benzene ring substituents is 1. The lowest BCUT2D eigenvalue weighted by Crippen LogP contribution is -2.38. The number of ether oxygens (including phenoxy) is 1. The number of amides is 1. The first-order valence-corrected chi connectivity index (χ1v) is 7.38. The molecule has 6 nitrogen and oxygen atoms in total. The van der Waals surface area contributed by atoms with Gasteiger partial charge in [0.25, 0.3) is 5.69 Å². The maximum absolute atomic E-state index is 12.6. The summed E-state index contributed by atoms with van der Waals surface area (Å²) < 4.78 is 5.47. The predicted molar refractivity (Wildman–Crippen MR) is 86.1 cm³/mol. The third-order valence-corrected chi connectivity index (χ3v) is 3.84. The molecular formula is C16H13ClN2O4. The molecule has 7 heteroatoms. The number of nitro groups is 1. The second kappa shape index (κ2) is 6.26. The Morgan fingerprint density at radius 2 is 2.00 bits per heavy atom. The second-order valence-electron chi connectivity index (χ2n) is 5.11. The molecule has 118 valence electrons. The van der Waals surface area contributed by atoms with Crippen LogP contribution in [-0.4, -0.2) is 24.0 Å². The molecule has 2 aromatic carbocycles. The van der Waals surface area contributed by atoms with Crippen molar-refractivity contribution < 1.29 is 14.5 Å². The Kier molecular flexibility index (Phi) is 4.16. The van der Waals surface area contributed by atoms with Gasteiger partial charge in [-0.2, -0.15) is 0 Å². The maximum atomic E-state index is 12.6. The van der Waals surface area contributed by atoms with E-state index in [2.05, 4.69) is 0 Å². The molecule has 23 heavy (non-hydrogen) atoms. The van der Waals surface area contributed by atoms with Gasteiger partial charge in [-0.3, -0.25) is 14.9 Å². The Bertz CT molecular complexity index is 761. The van der Waals surface area contributed by atoms with Crippen LogP contribution in [-0.2, 0) is 11.2 Å². The number of nitrogens with zero attached hydrogens (tertiary/aromatic N) is 2. The van der Waals surface area contributed by atoms with E-state index in [1.54, 1.807) is 24.3 Å². The molecule has 1 heterocycles. The number of benzene rings is 2. The lowest BCUT2D eigenvalue weighted by Gasteiger charge is -2.29. The highest BCUT2D eigenvalue weighted by molar-refractivity contribution is 6.30. The van der Waals surface area contributed by atoms with Crippen molar-refractivity contribution >= 4 is 28.9 Å². The molecule has 1 aliphatic heterocycles. The molecule has 1 aliphatic rings. The Morgan fingerprint density at radius 3 is 2.70 bits per heavy atom. The van der Waals surface area contributed by atoms with E-state index >= 15 is 0 Å². The largest absolute Gasteiger partial charge is 0.490 e. The molecule has 0 bridgehead atoms. The molecule has 2 aromatic rings. The minimum absolute atomic E-state index is 0.0708. The van der Waals surface area contributed by atoms with E-state index in [1.165, 1.54) is 23.1 Å². The van der Waals surface area contributed by atoms with Crippen molar-refractivity contribution in [3.63, 3.8) is 0 Å². The minimum Gasteiger partial charge on any atom is -0.490 e. The molecule has 0 radical (unpaired) electrons. The quantitative estimate of drug-likeness (QED) is 0.639. The van der Waals surface area contributed by atoms with E-state index in [1.807, 2.05) is 0 Å². The van der Waals surface area contributed by atoms with Crippen LogP contribution in [0, 0.1) is 10.1 Å². The lowest BCUT2D eigenvalue weighted by molar-refractivity contribution is -0.384. The maximum Gasteiger partial charge on any atom is 0.271 e. The third-order valence-electron chi connectivity index (χ3n) is 3.59. The molecule has 0 atom stereocenters. The van der Waals surface area contributed by atoms with Crippen molar-refractivity contribution in [3.8, 4) is 5.75 Å². The summed E-state index contributed by atoms with van der Waals surface area (Å²) in [6.45, 7) is 0.720. The summed E-state index contributed by atoms with van der Waals surface area (Å²) in [5.74, 6) is 0.337. The molecule has 0 aliphatic carbocycles. The Hall–Kier alpha value is -2.60. The Morgan fingerprint density at radius 1 is 1.26 bits per heavy atom. The smallest absolute Gasteiger partial charge is 0.271 e. The third kappa shape index (κ3) is 3.27. The fourth-order valence-electron chi connectivity index (χ4n) is 2.45. The van der Waals surface area contributed by atoms with Gasteiger partial charge in [-0.15, -0.1) is 0 Å². The van der Waals surface area contributed by atoms with Crippen molar-refractivity contribution in [3.05, 3.63) is 63.2 Å². The molecular weight excluding hydrogens is 320 g/mol. The normalized spacial score (nSPS) is 13.2. The number of halogens is 1. The molecule has 3 rings (SSSR count). The van der Waals surface area contributed by atoms with E-state index < -0.39 is 4.92 Å². The minimum atomic E-state index is -0.489. The lowest BCUT2D eigenvalue weighted by atomic mass is 10.1. The van der Waals surface area contributed by atoms with Gasteiger partial charge >= 0.3 is 0 Å². The standard InChI is InChI=1S/C16H13ClN2O4/c17-12-3-1-11(2-4-12)9-16(20)18-7-8-23-15-6-5-13(19(21)22)10-14(15)18/h1-6,10H,7-9H2. The average molecular weight is 333 g/mol. The fraction of sp³-hybridized carbons (Fsp3) is 0.188. The number of non-ortho nitro benzene ring substituents is 1. The SMILES string of the molecule is O=C(Cc1ccc(Cl)cc1)N1CCOc2ccc([N+](=O)[O-])cc21. The summed E-state index contributed by atoms with van der Waals surface area (Å²) in [5, 5.41) is 11.5. The van der Waals surface area contributed by atoms with E-state index in [9.17, 15) is 14.9 Å². The number of carbonyl (C=O) groups is 1. The van der Waals surface area contributed by atoms with Gasteiger partial charge in [-0.1, -0.05) is 23.7 Å². The monoisotopic (exact) mass is 332 g/mol. The topological polar surface area (TPSA) is 72.7 Å². The van der Waals surface area contributed by atoms with E-state index in [4.69, 9.17) is 16.3 Å². The average Bonchev–Trinajstić information content (AvgIpc) is 2.55. The van der Waals surface area contributed by atoms with Gasteiger partial charge in [0.2, 0.25) is 5.91 Å². The van der Waals surface area contributed by atoms with Gasteiger partial charge in [0.05, 0.1) is 23.6 Å². The van der Waals surface area contributed by atoms with Crippen molar-refractivity contribution in [2.24, 2.45) is 0 Å². The van der Waals surface area contributed by atoms with Crippen LogP contribution in [0.5, 0.6) is 5.75 Å². The first-order valence-electron chi connectivity index (χ1n) is 7.00. The molecule has 0 saturated carbocycles. The van der Waals surface area contributed by atoms with Crippen LogP contribution in [0.3, 0.4) is 0 Å². The van der Waals surface area contributed by atoms with Crippen molar-refractivity contribution in [2.75, 3.05) is 18.1 Å². The van der Waals surface area contributed by atoms with Crippen molar-refractivity contribution in [2.45, 2.75) is 6.42 Å². The molecule has 0 fully saturated rings. The second-order valence-corrected chi connectivity index (χ2v) is 5.54. The molecule has 0 unspecified atom stereocenters. The molecule has 0 N–H and O–H groups in total. The summed E-state index contributed by atoms with van der Waals surface area (Å²) in [7, 11) is 0. The number of hydrogen-bond donors (Lipinski definition) is 0. The van der Waals surface area contributed by atoms with Gasteiger partial charge in [-0.25, -0.2) is 0 Å².